The van der Waals surface area contributed by atoms with E-state index >= 15 is 0 Å². The molecule has 246 valence electrons. The van der Waals surface area contributed by atoms with Crippen LogP contribution < -0.4 is 20.7 Å². The van der Waals surface area contributed by atoms with Gasteiger partial charge in [0.05, 0.1) is 46.0 Å². The second kappa shape index (κ2) is 15.5. The minimum Gasteiger partial charge on any atom is -0.497 e. The number of aromatic amines is 1. The summed E-state index contributed by atoms with van der Waals surface area (Å²) in [5.41, 5.74) is 0.248. The summed E-state index contributed by atoms with van der Waals surface area (Å²) in [5, 5.41) is 8.77. The van der Waals surface area contributed by atoms with Gasteiger partial charge in [0.1, 0.15) is 29.4 Å². The third-order valence-corrected chi connectivity index (χ3v) is 8.62. The zero-order valence-electron chi connectivity index (χ0n) is 26.1. The molecule has 3 aromatic carbocycles. The summed E-state index contributed by atoms with van der Waals surface area (Å²) < 4.78 is 50.8. The van der Waals surface area contributed by atoms with Gasteiger partial charge in [-0.1, -0.05) is 54.6 Å². The van der Waals surface area contributed by atoms with E-state index in [4.69, 9.17) is 33.3 Å². The lowest BCUT2D eigenvalue weighted by Gasteiger charge is -2.39. The molecule has 47 heavy (non-hydrogen) atoms. The van der Waals surface area contributed by atoms with Gasteiger partial charge >= 0.3 is 14.4 Å². The molecule has 2 heterocycles. The quantitative estimate of drug-likeness (QED) is 0.103. The second-order valence-electron chi connectivity index (χ2n) is 10.8. The number of aryl methyl sites for hydroxylation is 1. The molecule has 11 nitrogen and oxygen atoms in total. The molecule has 0 spiro atoms. The Bertz CT molecular complexity index is 1730. The number of methoxy groups -OCH3 is 2. The van der Waals surface area contributed by atoms with Crippen molar-refractivity contribution in [1.29, 1.82) is 5.26 Å². The SMILES string of the molecule is COc1ccc(C(O[C@H]2C[C@H](n3cc(C)c(=O)[nH]c3=O)O[C@@H]2COP(F)OCCC#N)(c2ccccc2)c2ccc(OC)cc2)cc1. The van der Waals surface area contributed by atoms with Gasteiger partial charge in [-0.2, -0.15) is 9.46 Å². The number of nitrogens with one attached hydrogen (secondary N) is 1. The lowest BCUT2D eigenvalue weighted by molar-refractivity contribution is -0.0971. The smallest absolute Gasteiger partial charge is 0.374 e. The fourth-order valence-corrected chi connectivity index (χ4v) is 6.11. The summed E-state index contributed by atoms with van der Waals surface area (Å²) in [6, 6.07) is 26.5. The molecule has 1 N–H and O–H groups in total. The minimum atomic E-state index is -2.82. The van der Waals surface area contributed by atoms with Gasteiger partial charge in [-0.3, -0.25) is 14.3 Å². The van der Waals surface area contributed by atoms with Crippen molar-refractivity contribution in [3.05, 3.63) is 128 Å². The van der Waals surface area contributed by atoms with Crippen LogP contribution in [0.3, 0.4) is 0 Å². The zero-order valence-corrected chi connectivity index (χ0v) is 27.0. The maximum Gasteiger partial charge on any atom is 0.374 e. The summed E-state index contributed by atoms with van der Waals surface area (Å²) in [5.74, 6) is 1.31. The van der Waals surface area contributed by atoms with Crippen molar-refractivity contribution in [2.45, 2.75) is 43.8 Å². The molecule has 0 bridgehead atoms. The zero-order chi connectivity index (χ0) is 33.4. The van der Waals surface area contributed by atoms with Gasteiger partial charge in [0.15, 0.2) is 0 Å². The Morgan fingerprint density at radius 1 is 0.957 bits per heavy atom. The van der Waals surface area contributed by atoms with E-state index in [9.17, 15) is 13.8 Å². The Morgan fingerprint density at radius 2 is 1.55 bits per heavy atom. The van der Waals surface area contributed by atoms with Gasteiger partial charge in [0, 0.05) is 18.2 Å². The maximum atomic E-state index is 14.7. The Hall–Kier alpha value is -4.37. The van der Waals surface area contributed by atoms with Crippen LogP contribution in [0.15, 0.2) is 94.6 Å². The Labute approximate surface area is 272 Å². The number of H-pyrrole nitrogens is 1. The number of nitriles is 1. The molecule has 4 atom stereocenters. The summed E-state index contributed by atoms with van der Waals surface area (Å²) in [6.07, 6.45) is -0.930. The van der Waals surface area contributed by atoms with Crippen molar-refractivity contribution in [2.75, 3.05) is 27.4 Å². The van der Waals surface area contributed by atoms with Crippen LogP contribution in [0, 0.1) is 18.3 Å². The second-order valence-corrected chi connectivity index (χ2v) is 11.7. The highest BCUT2D eigenvalue weighted by Gasteiger charge is 2.46. The molecule has 1 aliphatic rings. The van der Waals surface area contributed by atoms with Crippen molar-refractivity contribution >= 4 is 8.69 Å². The van der Waals surface area contributed by atoms with Crippen LogP contribution in [0.4, 0.5) is 4.20 Å². The maximum absolute atomic E-state index is 14.7. The molecule has 0 saturated carbocycles. The highest BCUT2D eigenvalue weighted by atomic mass is 31.2. The van der Waals surface area contributed by atoms with Crippen LogP contribution in [0.5, 0.6) is 11.5 Å². The molecule has 1 saturated heterocycles. The van der Waals surface area contributed by atoms with Crippen LogP contribution in [-0.2, 0) is 24.1 Å². The van der Waals surface area contributed by atoms with E-state index in [1.54, 1.807) is 21.1 Å². The molecular weight excluding hydrogens is 628 g/mol. The number of benzene rings is 3. The summed E-state index contributed by atoms with van der Waals surface area (Å²) in [7, 11) is 0.357. The summed E-state index contributed by atoms with van der Waals surface area (Å²) in [6.45, 7) is 1.19. The van der Waals surface area contributed by atoms with Gasteiger partial charge in [-0.05, 0) is 47.9 Å². The average molecular weight is 664 g/mol. The van der Waals surface area contributed by atoms with Crippen molar-refractivity contribution in [1.82, 2.24) is 9.55 Å². The van der Waals surface area contributed by atoms with E-state index in [1.807, 2.05) is 84.9 Å². The van der Waals surface area contributed by atoms with E-state index in [0.717, 1.165) is 16.7 Å². The lowest BCUT2D eigenvalue weighted by atomic mass is 9.79. The van der Waals surface area contributed by atoms with Crippen molar-refractivity contribution in [3.63, 3.8) is 0 Å². The molecule has 0 radical (unpaired) electrons. The van der Waals surface area contributed by atoms with E-state index in [-0.39, 0.29) is 26.1 Å². The van der Waals surface area contributed by atoms with Crippen LogP contribution in [0.2, 0.25) is 0 Å². The van der Waals surface area contributed by atoms with Crippen LogP contribution in [-0.4, -0.2) is 49.2 Å². The van der Waals surface area contributed by atoms with Crippen molar-refractivity contribution in [2.24, 2.45) is 0 Å². The monoisotopic (exact) mass is 663 g/mol. The molecule has 0 amide bonds. The van der Waals surface area contributed by atoms with Crippen LogP contribution in [0.25, 0.3) is 0 Å². The highest BCUT2D eigenvalue weighted by Crippen LogP contribution is 2.47. The molecule has 0 aliphatic carbocycles. The predicted molar refractivity (Wildman–Crippen MR) is 172 cm³/mol. The molecule has 1 fully saturated rings. The third-order valence-electron chi connectivity index (χ3n) is 7.89. The number of hydrogen-bond acceptors (Lipinski definition) is 9. The fourth-order valence-electron chi connectivity index (χ4n) is 5.53. The first-order valence-electron chi connectivity index (χ1n) is 14.9. The summed E-state index contributed by atoms with van der Waals surface area (Å²) in [4.78, 5) is 27.3. The van der Waals surface area contributed by atoms with E-state index < -0.39 is 44.0 Å². The lowest BCUT2D eigenvalue weighted by Crippen LogP contribution is -2.41. The number of hydrogen-bond donors (Lipinski definition) is 1. The van der Waals surface area contributed by atoms with Gasteiger partial charge in [0.25, 0.3) is 5.56 Å². The van der Waals surface area contributed by atoms with Gasteiger partial charge in [-0.15, -0.1) is 0 Å². The number of rotatable bonds is 14. The van der Waals surface area contributed by atoms with Crippen molar-refractivity contribution in [3.8, 4) is 17.6 Å². The third kappa shape index (κ3) is 7.62. The molecule has 1 aromatic heterocycles. The van der Waals surface area contributed by atoms with E-state index in [0.29, 0.717) is 17.1 Å². The van der Waals surface area contributed by atoms with Gasteiger partial charge in [0.2, 0.25) is 0 Å². The fraction of sp³-hybridized carbons (Fsp3) is 0.324. The van der Waals surface area contributed by atoms with Crippen LogP contribution in [0.1, 0.15) is 41.3 Å². The number of ether oxygens (including phenoxy) is 4. The molecular formula is C34H35FN3O8P. The number of aromatic nitrogens is 2. The largest absolute Gasteiger partial charge is 0.497 e. The first-order valence-corrected chi connectivity index (χ1v) is 15.9. The number of nitrogens with zero attached hydrogens (tertiary/aromatic N) is 2. The minimum absolute atomic E-state index is 0.0116. The molecule has 1 aliphatic heterocycles. The van der Waals surface area contributed by atoms with E-state index in [1.165, 1.54) is 10.8 Å². The normalized spacial score (nSPS) is 18.4. The molecule has 13 heteroatoms. The van der Waals surface area contributed by atoms with E-state index in [2.05, 4.69) is 4.98 Å². The summed E-state index contributed by atoms with van der Waals surface area (Å²) >= 11 is 0. The van der Waals surface area contributed by atoms with Crippen LogP contribution >= 0.6 is 8.69 Å². The predicted octanol–water partition coefficient (Wildman–Crippen LogP) is 5.67. The Kier molecular flexibility index (Phi) is 11.2. The average Bonchev–Trinajstić information content (AvgIpc) is 3.50. The van der Waals surface area contributed by atoms with Crippen molar-refractivity contribution < 1.29 is 32.2 Å². The standard InChI is InChI=1S/C34H35FN3O8P/c1-23-21-38(33(40)37-32(23)39)31-20-29(30(45-31)22-44-47(35)43-19-7-18-36)46-34(24-8-5-4-6-9-24,25-10-14-27(41-2)15-11-25)26-12-16-28(42-3)17-13-26/h4-6,8-17,21,29-31H,7,19-20,22H2,1-3H3,(H,37,39,40)/t29-,30+,31+,47?/m0/s1. The molecule has 1 unspecified atom stereocenters. The topological polar surface area (TPSA) is 134 Å². The first-order chi connectivity index (χ1) is 22.8. The Balaban J connectivity index is 1.61. The Morgan fingerprint density at radius 3 is 2.13 bits per heavy atom. The molecule has 5 rings (SSSR count). The highest BCUT2D eigenvalue weighted by molar-refractivity contribution is 7.41. The molecule has 4 aromatic rings. The first kappa shape index (κ1) is 34.0. The van der Waals surface area contributed by atoms with Gasteiger partial charge < -0.3 is 28.0 Å². The number of halogens is 1. The van der Waals surface area contributed by atoms with Gasteiger partial charge in [-0.25, -0.2) is 4.79 Å².